The maximum absolute atomic E-state index is 12.9. The number of carbonyl (C=O) groups is 1. The van der Waals surface area contributed by atoms with Crippen molar-refractivity contribution in [2.75, 3.05) is 50.9 Å². The number of benzene rings is 2. The fraction of sp³-hybridized carbons (Fsp3) is 0.435. The summed E-state index contributed by atoms with van der Waals surface area (Å²) in [6.45, 7) is 7.06. The van der Waals surface area contributed by atoms with Crippen molar-refractivity contribution < 1.29 is 14.3 Å². The molecule has 2 saturated heterocycles. The van der Waals surface area contributed by atoms with E-state index in [-0.39, 0.29) is 18.2 Å². The number of nitrogens with one attached hydrogen (secondary N) is 1. The molecule has 0 radical (unpaired) electrons. The molecular weight excluding hydrogens is 446 g/mol. The molecule has 0 spiro atoms. The number of urea groups is 1. The Bertz CT molecular complexity index is 855. The van der Waals surface area contributed by atoms with Gasteiger partial charge in [-0.15, -0.1) is 0 Å². The minimum atomic E-state index is -0.122. The first-order valence-corrected chi connectivity index (χ1v) is 11.3. The zero-order valence-corrected chi connectivity index (χ0v) is 18.8. The lowest BCUT2D eigenvalue weighted by Gasteiger charge is -2.34. The summed E-state index contributed by atoms with van der Waals surface area (Å²) in [5.41, 5.74) is 3.36. The highest BCUT2D eigenvalue weighted by Crippen LogP contribution is 2.29. The third-order valence-electron chi connectivity index (χ3n) is 5.72. The lowest BCUT2D eigenvalue weighted by atomic mass is 10.1. The van der Waals surface area contributed by atoms with Crippen molar-refractivity contribution in [3.05, 3.63) is 64.1 Å². The number of anilines is 1. The monoisotopic (exact) mass is 473 g/mol. The van der Waals surface area contributed by atoms with Gasteiger partial charge in [-0.25, -0.2) is 4.79 Å². The van der Waals surface area contributed by atoms with Gasteiger partial charge in [0.25, 0.3) is 0 Å². The fourth-order valence-electron chi connectivity index (χ4n) is 3.91. The lowest BCUT2D eigenvalue weighted by molar-refractivity contribution is -0.0161. The van der Waals surface area contributed by atoms with Crippen LogP contribution in [-0.4, -0.2) is 56.9 Å². The number of hydrogen-bond acceptors (Lipinski definition) is 4. The van der Waals surface area contributed by atoms with Crippen LogP contribution in [0.3, 0.4) is 0 Å². The minimum Gasteiger partial charge on any atom is -0.378 e. The quantitative estimate of drug-likeness (QED) is 0.724. The highest BCUT2D eigenvalue weighted by molar-refractivity contribution is 9.10. The molecule has 0 aromatic heterocycles. The zero-order chi connectivity index (χ0) is 20.9. The molecule has 2 unspecified atom stereocenters. The van der Waals surface area contributed by atoms with Gasteiger partial charge in [0.15, 0.2) is 0 Å². The van der Waals surface area contributed by atoms with Crippen LogP contribution in [-0.2, 0) is 9.47 Å². The van der Waals surface area contributed by atoms with E-state index in [0.717, 1.165) is 41.9 Å². The van der Waals surface area contributed by atoms with E-state index in [1.54, 1.807) is 0 Å². The van der Waals surface area contributed by atoms with Gasteiger partial charge in [-0.2, -0.15) is 0 Å². The summed E-state index contributed by atoms with van der Waals surface area (Å²) < 4.78 is 12.3. The van der Waals surface area contributed by atoms with E-state index in [4.69, 9.17) is 9.47 Å². The molecule has 2 aromatic carbocycles. The second-order valence-electron chi connectivity index (χ2n) is 7.69. The Morgan fingerprint density at radius 1 is 1.07 bits per heavy atom. The largest absolute Gasteiger partial charge is 0.378 e. The normalized spacial score (nSPS) is 20.7. The molecule has 0 bridgehead atoms. The van der Waals surface area contributed by atoms with Crippen LogP contribution in [0, 0.1) is 0 Å². The predicted octanol–water partition coefficient (Wildman–Crippen LogP) is 4.13. The number of nitrogens with zero attached hydrogens (tertiary/aromatic N) is 2. The topological polar surface area (TPSA) is 54.0 Å². The second-order valence-corrected chi connectivity index (χ2v) is 8.54. The van der Waals surface area contributed by atoms with Gasteiger partial charge in [0.2, 0.25) is 0 Å². The van der Waals surface area contributed by atoms with Crippen LogP contribution in [0.15, 0.2) is 53.0 Å². The van der Waals surface area contributed by atoms with E-state index in [1.807, 2.05) is 36.1 Å². The van der Waals surface area contributed by atoms with Crippen LogP contribution in [0.25, 0.3) is 0 Å². The Kier molecular flexibility index (Phi) is 6.92. The molecule has 30 heavy (non-hydrogen) atoms. The molecule has 2 fully saturated rings. The Hall–Kier alpha value is -2.09. The number of ether oxygens (including phenoxy) is 2. The molecule has 2 atom stereocenters. The van der Waals surface area contributed by atoms with E-state index >= 15 is 0 Å². The SMILES string of the molecule is CC(NC(=O)N1CCOC(c2ccccc2Br)C1)c1ccc(N2CCOCC2)cc1. The molecule has 2 amide bonds. The number of morpholine rings is 2. The minimum absolute atomic E-state index is 0.0555. The lowest BCUT2D eigenvalue weighted by Crippen LogP contribution is -2.47. The van der Waals surface area contributed by atoms with Crippen LogP contribution >= 0.6 is 15.9 Å². The number of amides is 2. The van der Waals surface area contributed by atoms with Crippen molar-refractivity contribution in [1.82, 2.24) is 10.2 Å². The third-order valence-corrected chi connectivity index (χ3v) is 6.44. The molecule has 6 nitrogen and oxygen atoms in total. The Morgan fingerprint density at radius 2 is 1.80 bits per heavy atom. The van der Waals surface area contributed by atoms with Gasteiger partial charge < -0.3 is 24.6 Å². The summed E-state index contributed by atoms with van der Waals surface area (Å²) in [6.07, 6.45) is -0.122. The first-order chi connectivity index (χ1) is 14.6. The molecular formula is C23H28BrN3O3. The molecule has 2 aliphatic rings. The Labute approximate surface area is 186 Å². The zero-order valence-electron chi connectivity index (χ0n) is 17.2. The average molecular weight is 474 g/mol. The summed E-state index contributed by atoms with van der Waals surface area (Å²) in [6, 6.07) is 16.3. The highest BCUT2D eigenvalue weighted by Gasteiger charge is 2.27. The van der Waals surface area contributed by atoms with Gasteiger partial charge >= 0.3 is 6.03 Å². The van der Waals surface area contributed by atoms with Crippen molar-refractivity contribution in [1.29, 1.82) is 0 Å². The molecule has 0 saturated carbocycles. The number of rotatable bonds is 4. The molecule has 160 valence electrons. The Morgan fingerprint density at radius 3 is 2.53 bits per heavy atom. The second kappa shape index (κ2) is 9.81. The van der Waals surface area contributed by atoms with Gasteiger partial charge in [-0.1, -0.05) is 46.3 Å². The van der Waals surface area contributed by atoms with E-state index in [1.165, 1.54) is 5.69 Å². The van der Waals surface area contributed by atoms with Gasteiger partial charge in [0.05, 0.1) is 32.4 Å². The van der Waals surface area contributed by atoms with Crippen molar-refractivity contribution >= 4 is 27.6 Å². The van der Waals surface area contributed by atoms with E-state index in [9.17, 15) is 4.79 Å². The smallest absolute Gasteiger partial charge is 0.318 e. The van der Waals surface area contributed by atoms with Crippen LogP contribution in [0.2, 0.25) is 0 Å². The third kappa shape index (κ3) is 4.96. The molecule has 4 rings (SSSR count). The standard InChI is InChI=1S/C23H28BrN3O3/c1-17(18-6-8-19(9-7-18)26-10-13-29-14-11-26)25-23(28)27-12-15-30-22(16-27)20-4-2-3-5-21(20)24/h2-9,17,22H,10-16H2,1H3,(H,25,28). The highest BCUT2D eigenvalue weighted by atomic mass is 79.9. The van der Waals surface area contributed by atoms with Gasteiger partial charge in [-0.3, -0.25) is 0 Å². The predicted molar refractivity (Wildman–Crippen MR) is 121 cm³/mol. The van der Waals surface area contributed by atoms with E-state index in [0.29, 0.717) is 19.7 Å². The molecule has 2 heterocycles. The van der Waals surface area contributed by atoms with Gasteiger partial charge in [0, 0.05) is 29.8 Å². The van der Waals surface area contributed by atoms with Crippen molar-refractivity contribution in [2.24, 2.45) is 0 Å². The maximum atomic E-state index is 12.9. The molecule has 7 heteroatoms. The summed E-state index contributed by atoms with van der Waals surface area (Å²) >= 11 is 3.58. The van der Waals surface area contributed by atoms with Crippen LogP contribution in [0.4, 0.5) is 10.5 Å². The summed E-state index contributed by atoms with van der Waals surface area (Å²) in [5, 5.41) is 3.14. The number of halogens is 1. The molecule has 1 N–H and O–H groups in total. The van der Waals surface area contributed by atoms with Crippen LogP contribution in [0.1, 0.15) is 30.2 Å². The Balaban J connectivity index is 1.35. The van der Waals surface area contributed by atoms with Crippen molar-refractivity contribution in [3.63, 3.8) is 0 Å². The van der Waals surface area contributed by atoms with Gasteiger partial charge in [-0.05, 0) is 36.2 Å². The first kappa shape index (κ1) is 21.2. The fourth-order valence-corrected chi connectivity index (χ4v) is 4.45. The van der Waals surface area contributed by atoms with E-state index in [2.05, 4.69) is 50.4 Å². The average Bonchev–Trinajstić information content (AvgIpc) is 2.80. The molecule has 2 aromatic rings. The molecule has 0 aliphatic carbocycles. The molecule has 2 aliphatic heterocycles. The number of carbonyl (C=O) groups excluding carboxylic acids is 1. The summed E-state index contributed by atoms with van der Waals surface area (Å²) in [4.78, 5) is 17.0. The number of hydrogen-bond donors (Lipinski definition) is 1. The van der Waals surface area contributed by atoms with Crippen molar-refractivity contribution in [2.45, 2.75) is 19.1 Å². The summed E-state index contributed by atoms with van der Waals surface area (Å²) in [5.74, 6) is 0. The van der Waals surface area contributed by atoms with Crippen LogP contribution < -0.4 is 10.2 Å². The van der Waals surface area contributed by atoms with Crippen LogP contribution in [0.5, 0.6) is 0 Å². The van der Waals surface area contributed by atoms with E-state index < -0.39 is 0 Å². The van der Waals surface area contributed by atoms with Gasteiger partial charge in [0.1, 0.15) is 6.10 Å². The van der Waals surface area contributed by atoms with Crippen molar-refractivity contribution in [3.8, 4) is 0 Å². The maximum Gasteiger partial charge on any atom is 0.318 e. The first-order valence-electron chi connectivity index (χ1n) is 10.5. The summed E-state index contributed by atoms with van der Waals surface area (Å²) in [7, 11) is 0.